The number of aromatic amines is 1. The Balaban J connectivity index is 2.33. The van der Waals surface area contributed by atoms with Crippen LogP contribution in [0.1, 0.15) is 11.1 Å². The van der Waals surface area contributed by atoms with Gasteiger partial charge in [-0.25, -0.2) is 4.39 Å². The molecule has 1 heterocycles. The van der Waals surface area contributed by atoms with Gasteiger partial charge in [0, 0.05) is 16.5 Å². The van der Waals surface area contributed by atoms with Crippen LogP contribution < -0.4 is 4.74 Å². The quantitative estimate of drug-likeness (QED) is 0.780. The molecule has 0 aliphatic rings. The Hall–Kier alpha value is -2.80. The van der Waals surface area contributed by atoms with Crippen molar-refractivity contribution in [3.8, 4) is 23.1 Å². The standard InChI is InChI=1S/C18H15FN2O/c1-11-3-6-17(22-2)15(9-11)18-13(7-8-20)14-10-12(19)4-5-16(14)21-18/h3-6,9-10,21H,7H2,1-2H3. The summed E-state index contributed by atoms with van der Waals surface area (Å²) in [5.74, 6) is 0.408. The van der Waals surface area contributed by atoms with Gasteiger partial charge in [-0.1, -0.05) is 11.6 Å². The first kappa shape index (κ1) is 14.2. The molecule has 0 fully saturated rings. The van der Waals surface area contributed by atoms with Gasteiger partial charge in [0.15, 0.2) is 0 Å². The van der Waals surface area contributed by atoms with Crippen LogP contribution >= 0.6 is 0 Å². The minimum atomic E-state index is -0.312. The van der Waals surface area contributed by atoms with Crippen LogP contribution in [0.4, 0.5) is 4.39 Å². The lowest BCUT2D eigenvalue weighted by Crippen LogP contribution is -1.92. The van der Waals surface area contributed by atoms with E-state index in [-0.39, 0.29) is 12.2 Å². The average molecular weight is 294 g/mol. The molecule has 0 spiro atoms. The zero-order valence-corrected chi connectivity index (χ0v) is 12.4. The molecule has 0 saturated heterocycles. The molecule has 1 N–H and O–H groups in total. The van der Waals surface area contributed by atoms with Gasteiger partial charge < -0.3 is 9.72 Å². The van der Waals surface area contributed by atoms with Crippen molar-refractivity contribution in [2.45, 2.75) is 13.3 Å². The molecule has 1 aromatic heterocycles. The largest absolute Gasteiger partial charge is 0.496 e. The van der Waals surface area contributed by atoms with Crippen molar-refractivity contribution in [2.75, 3.05) is 7.11 Å². The van der Waals surface area contributed by atoms with Crippen molar-refractivity contribution in [1.29, 1.82) is 5.26 Å². The second kappa shape index (κ2) is 5.53. The maximum Gasteiger partial charge on any atom is 0.128 e. The molecule has 0 bridgehead atoms. The summed E-state index contributed by atoms with van der Waals surface area (Å²) in [6, 6.07) is 12.6. The highest BCUT2D eigenvalue weighted by molar-refractivity contribution is 5.92. The van der Waals surface area contributed by atoms with Crippen LogP contribution in [0.5, 0.6) is 5.75 Å². The topological polar surface area (TPSA) is 48.8 Å². The van der Waals surface area contributed by atoms with E-state index in [1.54, 1.807) is 13.2 Å². The fourth-order valence-corrected chi connectivity index (χ4v) is 2.73. The van der Waals surface area contributed by atoms with Gasteiger partial charge in [-0.15, -0.1) is 0 Å². The van der Waals surface area contributed by atoms with Crippen molar-refractivity contribution in [2.24, 2.45) is 0 Å². The van der Waals surface area contributed by atoms with Crippen LogP contribution in [0.25, 0.3) is 22.2 Å². The number of aromatic nitrogens is 1. The van der Waals surface area contributed by atoms with E-state index in [1.807, 2.05) is 25.1 Å². The summed E-state index contributed by atoms with van der Waals surface area (Å²) in [7, 11) is 1.61. The van der Waals surface area contributed by atoms with Crippen LogP contribution in [0.3, 0.4) is 0 Å². The Morgan fingerprint density at radius 2 is 2.05 bits per heavy atom. The molecule has 2 aromatic carbocycles. The number of benzene rings is 2. The third kappa shape index (κ3) is 2.31. The fraction of sp³-hybridized carbons (Fsp3) is 0.167. The SMILES string of the molecule is COc1ccc(C)cc1-c1[nH]c2ccc(F)cc2c1CC#N. The Labute approximate surface area is 128 Å². The molecule has 0 aliphatic carbocycles. The highest BCUT2D eigenvalue weighted by Crippen LogP contribution is 2.36. The molecule has 22 heavy (non-hydrogen) atoms. The lowest BCUT2D eigenvalue weighted by Gasteiger charge is -2.09. The summed E-state index contributed by atoms with van der Waals surface area (Å²) in [5, 5.41) is 9.87. The summed E-state index contributed by atoms with van der Waals surface area (Å²) in [6.45, 7) is 2.00. The van der Waals surface area contributed by atoms with E-state index in [2.05, 4.69) is 11.1 Å². The normalized spacial score (nSPS) is 10.6. The van der Waals surface area contributed by atoms with E-state index in [0.717, 1.165) is 39.0 Å². The number of rotatable bonds is 3. The van der Waals surface area contributed by atoms with Crippen molar-refractivity contribution < 1.29 is 9.13 Å². The van der Waals surface area contributed by atoms with Crippen molar-refractivity contribution >= 4 is 10.9 Å². The maximum atomic E-state index is 13.6. The zero-order valence-electron chi connectivity index (χ0n) is 12.4. The highest BCUT2D eigenvalue weighted by atomic mass is 19.1. The number of methoxy groups -OCH3 is 1. The Morgan fingerprint density at radius 1 is 1.23 bits per heavy atom. The number of nitrogens with zero attached hydrogens (tertiary/aromatic N) is 1. The van der Waals surface area contributed by atoms with Gasteiger partial charge in [0.05, 0.1) is 25.3 Å². The molecule has 0 radical (unpaired) electrons. The smallest absolute Gasteiger partial charge is 0.128 e. The third-order valence-corrected chi connectivity index (χ3v) is 3.75. The van der Waals surface area contributed by atoms with Gasteiger partial charge in [-0.2, -0.15) is 5.26 Å². The van der Waals surface area contributed by atoms with Crippen molar-refractivity contribution in [1.82, 2.24) is 4.98 Å². The molecule has 0 atom stereocenters. The van der Waals surface area contributed by atoms with Crippen LogP contribution in [0.15, 0.2) is 36.4 Å². The van der Waals surface area contributed by atoms with Gasteiger partial charge in [-0.3, -0.25) is 0 Å². The van der Waals surface area contributed by atoms with Crippen LogP contribution in [-0.2, 0) is 6.42 Å². The first-order valence-corrected chi connectivity index (χ1v) is 6.96. The van der Waals surface area contributed by atoms with Gasteiger partial charge in [0.1, 0.15) is 11.6 Å². The number of nitriles is 1. The van der Waals surface area contributed by atoms with E-state index in [9.17, 15) is 4.39 Å². The highest BCUT2D eigenvalue weighted by Gasteiger charge is 2.17. The second-order valence-electron chi connectivity index (χ2n) is 5.21. The van der Waals surface area contributed by atoms with E-state index in [1.165, 1.54) is 12.1 Å². The monoisotopic (exact) mass is 294 g/mol. The second-order valence-corrected chi connectivity index (χ2v) is 5.21. The van der Waals surface area contributed by atoms with Gasteiger partial charge in [-0.05, 0) is 42.8 Å². The predicted octanol–water partition coefficient (Wildman–Crippen LogP) is 4.36. The Morgan fingerprint density at radius 3 is 2.77 bits per heavy atom. The maximum absolute atomic E-state index is 13.6. The molecule has 0 amide bonds. The van der Waals surface area contributed by atoms with Gasteiger partial charge >= 0.3 is 0 Å². The summed E-state index contributed by atoms with van der Waals surface area (Å²) >= 11 is 0. The van der Waals surface area contributed by atoms with E-state index in [4.69, 9.17) is 10.00 Å². The minimum absolute atomic E-state index is 0.204. The summed E-state index contributed by atoms with van der Waals surface area (Å²) in [5.41, 5.74) is 4.38. The molecular formula is C18H15FN2O. The molecule has 110 valence electrons. The number of nitrogens with one attached hydrogen (secondary N) is 1. The summed E-state index contributed by atoms with van der Waals surface area (Å²) < 4.78 is 19.0. The molecule has 0 saturated carbocycles. The van der Waals surface area contributed by atoms with Crippen LogP contribution in [0.2, 0.25) is 0 Å². The fourth-order valence-electron chi connectivity index (χ4n) is 2.73. The predicted molar refractivity (Wildman–Crippen MR) is 84.3 cm³/mol. The van der Waals surface area contributed by atoms with E-state index in [0.29, 0.717) is 0 Å². The number of H-pyrrole nitrogens is 1. The average Bonchev–Trinajstić information content (AvgIpc) is 2.86. The molecule has 3 aromatic rings. The number of hydrogen-bond donors (Lipinski definition) is 1. The summed E-state index contributed by atoms with van der Waals surface area (Å²) in [4.78, 5) is 3.30. The van der Waals surface area contributed by atoms with Crippen LogP contribution in [0, 0.1) is 24.1 Å². The number of ether oxygens (including phenoxy) is 1. The molecule has 3 nitrogen and oxygen atoms in total. The lowest BCUT2D eigenvalue weighted by atomic mass is 10.0. The third-order valence-electron chi connectivity index (χ3n) is 3.75. The number of hydrogen-bond acceptors (Lipinski definition) is 2. The minimum Gasteiger partial charge on any atom is -0.496 e. The Kier molecular flexibility index (Phi) is 3.56. The van der Waals surface area contributed by atoms with Crippen molar-refractivity contribution in [3.05, 3.63) is 53.3 Å². The lowest BCUT2D eigenvalue weighted by molar-refractivity contribution is 0.416. The number of aryl methyl sites for hydroxylation is 1. The first-order chi connectivity index (χ1) is 10.6. The van der Waals surface area contributed by atoms with E-state index < -0.39 is 0 Å². The number of halogens is 1. The van der Waals surface area contributed by atoms with Gasteiger partial charge in [0.25, 0.3) is 0 Å². The molecular weight excluding hydrogens is 279 g/mol. The Bertz CT molecular complexity index is 890. The molecule has 4 heteroatoms. The molecule has 0 aliphatic heterocycles. The first-order valence-electron chi connectivity index (χ1n) is 6.96. The number of fused-ring (bicyclic) bond motifs is 1. The molecule has 0 unspecified atom stereocenters. The van der Waals surface area contributed by atoms with Crippen molar-refractivity contribution in [3.63, 3.8) is 0 Å². The van der Waals surface area contributed by atoms with Crippen LogP contribution in [-0.4, -0.2) is 12.1 Å². The zero-order chi connectivity index (χ0) is 15.7. The van der Waals surface area contributed by atoms with E-state index >= 15 is 0 Å². The summed E-state index contributed by atoms with van der Waals surface area (Å²) in [6.07, 6.45) is 0.204. The molecule has 3 rings (SSSR count). The van der Waals surface area contributed by atoms with Gasteiger partial charge in [0.2, 0.25) is 0 Å².